The molecule has 1 aromatic heterocycles. The molecule has 60 valence electrons. The van der Waals surface area contributed by atoms with Gasteiger partial charge in [-0.3, -0.25) is 4.98 Å². The molecule has 1 aliphatic rings. The fraction of sp³-hybridized carbons (Fsp3) is 0.100. The van der Waals surface area contributed by atoms with Crippen LogP contribution in [0.5, 0.6) is 0 Å². The third-order valence-corrected chi connectivity index (χ3v) is 1.91. The standard InChI is InChI=1S/C10H10N2/c1-8-6-10(7-12-8)9-2-4-11-5-3-9/h2-5,7,12H,1,6H2. The highest BCUT2D eigenvalue weighted by molar-refractivity contribution is 5.69. The van der Waals surface area contributed by atoms with Crippen LogP contribution in [-0.2, 0) is 0 Å². The monoisotopic (exact) mass is 158 g/mol. The van der Waals surface area contributed by atoms with Gasteiger partial charge in [0.25, 0.3) is 0 Å². The molecule has 0 spiro atoms. The molecule has 0 amide bonds. The number of allylic oxidation sites excluding steroid dienone is 1. The van der Waals surface area contributed by atoms with Crippen LogP contribution in [-0.4, -0.2) is 4.98 Å². The van der Waals surface area contributed by atoms with E-state index in [1.807, 2.05) is 18.3 Å². The first-order valence-corrected chi connectivity index (χ1v) is 3.90. The molecule has 0 bridgehead atoms. The van der Waals surface area contributed by atoms with Crippen LogP contribution in [0.25, 0.3) is 5.57 Å². The summed E-state index contributed by atoms with van der Waals surface area (Å²) in [5.41, 5.74) is 3.56. The van der Waals surface area contributed by atoms with Gasteiger partial charge in [0.05, 0.1) is 0 Å². The SMILES string of the molecule is C=C1CC(c2ccncc2)=CN1. The summed E-state index contributed by atoms with van der Waals surface area (Å²) >= 11 is 0. The lowest BCUT2D eigenvalue weighted by atomic mass is 10.1. The topological polar surface area (TPSA) is 24.9 Å². The average molecular weight is 158 g/mol. The Morgan fingerprint density at radius 3 is 2.67 bits per heavy atom. The summed E-state index contributed by atoms with van der Waals surface area (Å²) in [6.07, 6.45) is 6.52. The third-order valence-electron chi connectivity index (χ3n) is 1.91. The molecule has 12 heavy (non-hydrogen) atoms. The van der Waals surface area contributed by atoms with E-state index >= 15 is 0 Å². The van der Waals surface area contributed by atoms with Crippen LogP contribution in [0.15, 0.2) is 43.0 Å². The minimum absolute atomic E-state index is 0.921. The molecule has 0 radical (unpaired) electrons. The lowest BCUT2D eigenvalue weighted by Crippen LogP contribution is -1.93. The predicted molar refractivity (Wildman–Crippen MR) is 49.1 cm³/mol. The van der Waals surface area contributed by atoms with Gasteiger partial charge in [-0.15, -0.1) is 0 Å². The molecule has 0 aromatic carbocycles. The van der Waals surface area contributed by atoms with Crippen LogP contribution in [0.4, 0.5) is 0 Å². The fourth-order valence-corrected chi connectivity index (χ4v) is 1.27. The van der Waals surface area contributed by atoms with Gasteiger partial charge in [-0.1, -0.05) is 6.58 Å². The van der Waals surface area contributed by atoms with Crippen molar-refractivity contribution in [2.45, 2.75) is 6.42 Å². The van der Waals surface area contributed by atoms with Gasteiger partial charge < -0.3 is 5.32 Å². The van der Waals surface area contributed by atoms with Crippen molar-refractivity contribution in [3.05, 3.63) is 48.6 Å². The Morgan fingerprint density at radius 2 is 2.08 bits per heavy atom. The lowest BCUT2D eigenvalue weighted by Gasteiger charge is -1.98. The van der Waals surface area contributed by atoms with Crippen molar-refractivity contribution in [2.24, 2.45) is 0 Å². The summed E-state index contributed by atoms with van der Waals surface area (Å²) in [6.45, 7) is 3.85. The highest BCUT2D eigenvalue weighted by atomic mass is 14.9. The smallest absolute Gasteiger partial charge is 0.0273 e. The van der Waals surface area contributed by atoms with Crippen molar-refractivity contribution in [1.82, 2.24) is 10.3 Å². The highest BCUT2D eigenvalue weighted by Crippen LogP contribution is 2.23. The Bertz CT molecular complexity index is 325. The van der Waals surface area contributed by atoms with Crippen LogP contribution in [0.2, 0.25) is 0 Å². The molecule has 0 atom stereocenters. The fourth-order valence-electron chi connectivity index (χ4n) is 1.27. The van der Waals surface area contributed by atoms with Gasteiger partial charge in [-0.2, -0.15) is 0 Å². The first-order valence-electron chi connectivity index (χ1n) is 3.90. The van der Waals surface area contributed by atoms with Crippen LogP contribution >= 0.6 is 0 Å². The average Bonchev–Trinajstić information content (AvgIpc) is 2.54. The van der Waals surface area contributed by atoms with E-state index in [-0.39, 0.29) is 0 Å². The van der Waals surface area contributed by atoms with Gasteiger partial charge in [0.15, 0.2) is 0 Å². The normalized spacial score (nSPS) is 15.7. The van der Waals surface area contributed by atoms with E-state index in [0.717, 1.165) is 12.1 Å². The number of aromatic nitrogens is 1. The Balaban J connectivity index is 2.28. The molecule has 0 aliphatic carbocycles. The lowest BCUT2D eigenvalue weighted by molar-refractivity contribution is 1.08. The van der Waals surface area contributed by atoms with Crippen LogP contribution in [0.3, 0.4) is 0 Å². The molecule has 0 unspecified atom stereocenters. The quantitative estimate of drug-likeness (QED) is 0.675. The van der Waals surface area contributed by atoms with Gasteiger partial charge in [0.2, 0.25) is 0 Å². The Kier molecular flexibility index (Phi) is 1.67. The zero-order chi connectivity index (χ0) is 8.39. The zero-order valence-electron chi connectivity index (χ0n) is 6.75. The van der Waals surface area contributed by atoms with E-state index < -0.39 is 0 Å². The summed E-state index contributed by atoms with van der Waals surface area (Å²) in [7, 11) is 0. The van der Waals surface area contributed by atoms with E-state index in [1.54, 1.807) is 12.4 Å². The summed E-state index contributed by atoms with van der Waals surface area (Å²) in [5.74, 6) is 0. The largest absolute Gasteiger partial charge is 0.365 e. The summed E-state index contributed by atoms with van der Waals surface area (Å²) in [5, 5.41) is 3.09. The number of nitrogens with zero attached hydrogens (tertiary/aromatic N) is 1. The van der Waals surface area contributed by atoms with Crippen molar-refractivity contribution in [3.63, 3.8) is 0 Å². The molecule has 1 aliphatic heterocycles. The third kappa shape index (κ3) is 1.23. The molecule has 1 N–H and O–H groups in total. The van der Waals surface area contributed by atoms with E-state index in [2.05, 4.69) is 16.9 Å². The highest BCUT2D eigenvalue weighted by Gasteiger charge is 2.08. The van der Waals surface area contributed by atoms with E-state index in [1.165, 1.54) is 11.1 Å². The molecule has 0 saturated heterocycles. The van der Waals surface area contributed by atoms with Crippen LogP contribution < -0.4 is 5.32 Å². The van der Waals surface area contributed by atoms with Gasteiger partial charge in [0.1, 0.15) is 0 Å². The number of pyridine rings is 1. The van der Waals surface area contributed by atoms with Crippen LogP contribution in [0, 0.1) is 0 Å². The Morgan fingerprint density at radius 1 is 1.33 bits per heavy atom. The van der Waals surface area contributed by atoms with E-state index in [0.29, 0.717) is 0 Å². The number of rotatable bonds is 1. The molecule has 0 saturated carbocycles. The maximum absolute atomic E-state index is 3.97. The molecule has 2 heterocycles. The first-order chi connectivity index (χ1) is 5.86. The van der Waals surface area contributed by atoms with Gasteiger partial charge in [-0.05, 0) is 23.3 Å². The van der Waals surface area contributed by atoms with Crippen molar-refractivity contribution in [3.8, 4) is 0 Å². The Labute approximate surface area is 71.6 Å². The number of hydrogen-bond donors (Lipinski definition) is 1. The summed E-state index contributed by atoms with van der Waals surface area (Å²) in [6, 6.07) is 4.01. The van der Waals surface area contributed by atoms with E-state index in [9.17, 15) is 0 Å². The van der Waals surface area contributed by atoms with Crippen molar-refractivity contribution < 1.29 is 0 Å². The van der Waals surface area contributed by atoms with Crippen molar-refractivity contribution >= 4 is 5.57 Å². The molecule has 2 heteroatoms. The van der Waals surface area contributed by atoms with Gasteiger partial charge in [0, 0.05) is 30.7 Å². The van der Waals surface area contributed by atoms with Gasteiger partial charge >= 0.3 is 0 Å². The maximum atomic E-state index is 3.97. The minimum atomic E-state index is 0.921. The molecule has 1 aromatic rings. The molecule has 2 rings (SSSR count). The molecule has 0 fully saturated rings. The van der Waals surface area contributed by atoms with Gasteiger partial charge in [-0.25, -0.2) is 0 Å². The predicted octanol–water partition coefficient (Wildman–Crippen LogP) is 1.93. The van der Waals surface area contributed by atoms with E-state index in [4.69, 9.17) is 0 Å². The van der Waals surface area contributed by atoms with Crippen LogP contribution in [0.1, 0.15) is 12.0 Å². The zero-order valence-corrected chi connectivity index (χ0v) is 6.75. The van der Waals surface area contributed by atoms with Crippen molar-refractivity contribution in [2.75, 3.05) is 0 Å². The first kappa shape index (κ1) is 7.10. The number of hydrogen-bond acceptors (Lipinski definition) is 2. The minimum Gasteiger partial charge on any atom is -0.365 e. The molecule has 2 nitrogen and oxygen atoms in total. The second-order valence-electron chi connectivity index (χ2n) is 2.83. The maximum Gasteiger partial charge on any atom is 0.0273 e. The summed E-state index contributed by atoms with van der Waals surface area (Å²) < 4.78 is 0. The summed E-state index contributed by atoms with van der Waals surface area (Å²) in [4.78, 5) is 3.97. The second-order valence-corrected chi connectivity index (χ2v) is 2.83. The van der Waals surface area contributed by atoms with Crippen molar-refractivity contribution in [1.29, 1.82) is 0 Å². The molecular formula is C10H10N2. The second kappa shape index (κ2) is 2.81. The Hall–Kier alpha value is -1.57. The number of nitrogens with one attached hydrogen (secondary N) is 1. The molecular weight excluding hydrogens is 148 g/mol.